The zero-order valence-corrected chi connectivity index (χ0v) is 21.1. The predicted octanol–water partition coefficient (Wildman–Crippen LogP) is 5.76. The SMILES string of the molecule is Cc1oc2cc3oc(=O)c(CCC(=O)NCC4CCC(C(=O)O)CC4)c(C)c3cc2c1-c1ccccc1. The van der Waals surface area contributed by atoms with Crippen LogP contribution in [0.2, 0.25) is 0 Å². The summed E-state index contributed by atoms with van der Waals surface area (Å²) in [5.41, 5.74) is 4.08. The van der Waals surface area contributed by atoms with Gasteiger partial charge in [-0.05, 0) is 69.1 Å². The van der Waals surface area contributed by atoms with Crippen molar-refractivity contribution < 1.29 is 23.5 Å². The van der Waals surface area contributed by atoms with Crippen molar-refractivity contribution in [1.29, 1.82) is 0 Å². The molecule has 0 bridgehead atoms. The smallest absolute Gasteiger partial charge is 0.339 e. The van der Waals surface area contributed by atoms with Gasteiger partial charge >= 0.3 is 11.6 Å². The number of benzene rings is 2. The number of carboxylic acids is 1. The van der Waals surface area contributed by atoms with Crippen LogP contribution in [0.15, 0.2) is 56.1 Å². The first kappa shape index (κ1) is 24.8. The van der Waals surface area contributed by atoms with Crippen LogP contribution in [-0.2, 0) is 16.0 Å². The number of furan rings is 1. The van der Waals surface area contributed by atoms with Gasteiger partial charge in [-0.15, -0.1) is 0 Å². The van der Waals surface area contributed by atoms with E-state index in [0.29, 0.717) is 42.0 Å². The van der Waals surface area contributed by atoms with Crippen LogP contribution in [0.25, 0.3) is 33.1 Å². The molecule has 2 aromatic carbocycles. The molecule has 5 rings (SSSR count). The number of aliphatic carboxylic acids is 1. The van der Waals surface area contributed by atoms with E-state index in [0.717, 1.165) is 46.1 Å². The lowest BCUT2D eigenvalue weighted by atomic mass is 9.82. The van der Waals surface area contributed by atoms with Gasteiger partial charge in [0.2, 0.25) is 5.91 Å². The summed E-state index contributed by atoms with van der Waals surface area (Å²) in [6.45, 7) is 4.36. The second-order valence-electron chi connectivity index (χ2n) is 10.1. The molecule has 2 heterocycles. The van der Waals surface area contributed by atoms with E-state index < -0.39 is 11.6 Å². The summed E-state index contributed by atoms with van der Waals surface area (Å²) in [7, 11) is 0. The molecule has 0 unspecified atom stereocenters. The van der Waals surface area contributed by atoms with E-state index >= 15 is 0 Å². The van der Waals surface area contributed by atoms with Crippen LogP contribution >= 0.6 is 0 Å². The Morgan fingerprint density at radius 2 is 1.68 bits per heavy atom. The summed E-state index contributed by atoms with van der Waals surface area (Å²) in [5, 5.41) is 13.9. The molecule has 0 atom stereocenters. The van der Waals surface area contributed by atoms with Crippen molar-refractivity contribution in [3.63, 3.8) is 0 Å². The second kappa shape index (κ2) is 10.2. The minimum Gasteiger partial charge on any atom is -0.481 e. The molecule has 0 spiro atoms. The first-order chi connectivity index (χ1) is 17.8. The van der Waals surface area contributed by atoms with E-state index in [-0.39, 0.29) is 24.7 Å². The Bertz CT molecular complexity index is 1520. The van der Waals surface area contributed by atoms with Crippen LogP contribution in [0, 0.1) is 25.7 Å². The number of rotatable bonds is 7. The normalized spacial score (nSPS) is 17.8. The maximum Gasteiger partial charge on any atom is 0.339 e. The van der Waals surface area contributed by atoms with Crippen LogP contribution in [0.1, 0.15) is 49.0 Å². The number of aryl methyl sites for hydroxylation is 2. The van der Waals surface area contributed by atoms with Gasteiger partial charge in [-0.25, -0.2) is 4.79 Å². The molecule has 0 saturated heterocycles. The molecule has 1 aliphatic rings. The third kappa shape index (κ3) is 5.03. The van der Waals surface area contributed by atoms with Gasteiger partial charge in [0.25, 0.3) is 0 Å². The highest BCUT2D eigenvalue weighted by Gasteiger charge is 2.26. The first-order valence-electron chi connectivity index (χ1n) is 12.9. The lowest BCUT2D eigenvalue weighted by Gasteiger charge is -2.26. The maximum absolute atomic E-state index is 12.8. The molecule has 0 aliphatic heterocycles. The van der Waals surface area contributed by atoms with Crippen molar-refractivity contribution in [2.24, 2.45) is 11.8 Å². The van der Waals surface area contributed by atoms with Crippen LogP contribution in [-0.4, -0.2) is 23.5 Å². The Labute approximate surface area is 214 Å². The summed E-state index contributed by atoms with van der Waals surface area (Å²) in [6.07, 6.45) is 3.39. The van der Waals surface area contributed by atoms with Crippen molar-refractivity contribution >= 4 is 33.8 Å². The maximum atomic E-state index is 12.8. The number of carboxylic acid groups (broad SMARTS) is 1. The summed E-state index contributed by atoms with van der Waals surface area (Å²) in [5.74, 6) is -0.0203. The van der Waals surface area contributed by atoms with Crippen LogP contribution in [0.5, 0.6) is 0 Å². The third-order valence-corrected chi connectivity index (χ3v) is 7.72. The molecule has 1 saturated carbocycles. The zero-order valence-electron chi connectivity index (χ0n) is 21.1. The van der Waals surface area contributed by atoms with E-state index in [1.165, 1.54) is 0 Å². The number of fused-ring (bicyclic) bond motifs is 2. The second-order valence-corrected chi connectivity index (χ2v) is 10.1. The van der Waals surface area contributed by atoms with Crippen molar-refractivity contribution in [2.75, 3.05) is 6.54 Å². The van der Waals surface area contributed by atoms with Crippen molar-refractivity contribution in [2.45, 2.75) is 52.4 Å². The number of nitrogens with one attached hydrogen (secondary N) is 1. The van der Waals surface area contributed by atoms with E-state index in [1.54, 1.807) is 6.07 Å². The summed E-state index contributed by atoms with van der Waals surface area (Å²) in [4.78, 5) is 36.5. The highest BCUT2D eigenvalue weighted by Crippen LogP contribution is 2.37. The van der Waals surface area contributed by atoms with Crippen molar-refractivity contribution in [3.05, 3.63) is 69.8 Å². The van der Waals surface area contributed by atoms with E-state index in [9.17, 15) is 14.4 Å². The number of carbonyl (C=O) groups is 2. The van der Waals surface area contributed by atoms with E-state index in [1.807, 2.05) is 50.2 Å². The minimum absolute atomic E-state index is 0.119. The first-order valence-corrected chi connectivity index (χ1v) is 12.9. The van der Waals surface area contributed by atoms with Gasteiger partial charge in [-0.2, -0.15) is 0 Å². The van der Waals surface area contributed by atoms with Gasteiger partial charge < -0.3 is 19.3 Å². The highest BCUT2D eigenvalue weighted by molar-refractivity contribution is 6.03. The molecule has 1 aliphatic carbocycles. The number of hydrogen-bond donors (Lipinski definition) is 2. The van der Waals surface area contributed by atoms with E-state index in [2.05, 4.69) is 5.32 Å². The topological polar surface area (TPSA) is 110 Å². The van der Waals surface area contributed by atoms with Crippen LogP contribution < -0.4 is 10.9 Å². The van der Waals surface area contributed by atoms with E-state index in [4.69, 9.17) is 13.9 Å². The Hall–Kier alpha value is -3.87. The molecule has 0 radical (unpaired) electrons. The number of amides is 1. The summed E-state index contributed by atoms with van der Waals surface area (Å²) in [6, 6.07) is 13.8. The Kier molecular flexibility index (Phi) is 6.87. The van der Waals surface area contributed by atoms with Gasteiger partial charge in [0.15, 0.2) is 0 Å². The van der Waals surface area contributed by atoms with Gasteiger partial charge in [0.1, 0.15) is 16.9 Å². The Morgan fingerprint density at radius 3 is 2.38 bits per heavy atom. The molecule has 7 heteroatoms. The standard InChI is InChI=1S/C30H31NO6/c1-17-22(12-13-27(32)31-16-19-8-10-21(11-9-19)29(33)34)30(35)37-25-15-26-24(14-23(17)25)28(18(2)36-26)20-6-4-3-5-7-20/h3-7,14-15,19,21H,8-13,16H2,1-2H3,(H,31,32)(H,33,34). The Balaban J connectivity index is 1.33. The number of carbonyl (C=O) groups excluding carboxylic acids is 1. The van der Waals surface area contributed by atoms with Crippen molar-refractivity contribution in [3.8, 4) is 11.1 Å². The lowest BCUT2D eigenvalue weighted by molar-refractivity contribution is -0.143. The van der Waals surface area contributed by atoms with Gasteiger partial charge in [0.05, 0.1) is 5.92 Å². The molecule has 1 fully saturated rings. The Morgan fingerprint density at radius 1 is 0.973 bits per heavy atom. The van der Waals surface area contributed by atoms with Gasteiger partial charge in [0, 0.05) is 40.9 Å². The third-order valence-electron chi connectivity index (χ3n) is 7.72. The van der Waals surface area contributed by atoms with Crippen LogP contribution in [0.4, 0.5) is 0 Å². The molecule has 37 heavy (non-hydrogen) atoms. The molecule has 7 nitrogen and oxygen atoms in total. The fourth-order valence-electron chi connectivity index (χ4n) is 5.55. The molecule has 192 valence electrons. The van der Waals surface area contributed by atoms with Gasteiger partial charge in [-0.1, -0.05) is 30.3 Å². The van der Waals surface area contributed by atoms with Crippen molar-refractivity contribution in [1.82, 2.24) is 5.32 Å². The molecular formula is C30H31NO6. The minimum atomic E-state index is -0.730. The monoisotopic (exact) mass is 501 g/mol. The summed E-state index contributed by atoms with van der Waals surface area (Å²) >= 11 is 0. The quantitative estimate of drug-likeness (QED) is 0.312. The fraction of sp³-hybridized carbons (Fsp3) is 0.367. The molecule has 2 N–H and O–H groups in total. The molecule has 1 amide bonds. The average Bonchev–Trinajstić information content (AvgIpc) is 3.21. The van der Waals surface area contributed by atoms with Gasteiger partial charge in [-0.3, -0.25) is 9.59 Å². The molecular weight excluding hydrogens is 470 g/mol. The predicted molar refractivity (Wildman–Crippen MR) is 142 cm³/mol. The fourth-order valence-corrected chi connectivity index (χ4v) is 5.55. The van der Waals surface area contributed by atoms with Crippen LogP contribution in [0.3, 0.4) is 0 Å². The average molecular weight is 502 g/mol. The largest absolute Gasteiger partial charge is 0.481 e. The molecule has 4 aromatic rings. The zero-order chi connectivity index (χ0) is 26.1. The summed E-state index contributed by atoms with van der Waals surface area (Å²) < 4.78 is 11.7. The number of hydrogen-bond acceptors (Lipinski definition) is 5. The molecule has 2 aromatic heterocycles. The lowest BCUT2D eigenvalue weighted by Crippen LogP contribution is -2.32. The highest BCUT2D eigenvalue weighted by atomic mass is 16.4.